The molecular weight excluding hydrogens is 220 g/mol. The summed E-state index contributed by atoms with van der Waals surface area (Å²) in [5.41, 5.74) is 0.408. The van der Waals surface area contributed by atoms with Gasteiger partial charge in [-0.15, -0.1) is 0 Å². The lowest BCUT2D eigenvalue weighted by Crippen LogP contribution is -2.42. The van der Waals surface area contributed by atoms with Crippen LogP contribution in [0.5, 0.6) is 0 Å². The van der Waals surface area contributed by atoms with Crippen LogP contribution >= 0.6 is 0 Å². The van der Waals surface area contributed by atoms with Crippen molar-refractivity contribution in [1.29, 1.82) is 0 Å². The first-order valence-corrected chi connectivity index (χ1v) is 7.96. The molecule has 1 aliphatic carbocycles. The molecule has 2 aliphatic rings. The second-order valence-corrected chi connectivity index (χ2v) is 7.52. The van der Waals surface area contributed by atoms with Gasteiger partial charge in [-0.05, 0) is 36.5 Å². The van der Waals surface area contributed by atoms with Gasteiger partial charge < -0.3 is 10.6 Å². The van der Waals surface area contributed by atoms with Gasteiger partial charge in [0.05, 0.1) is 0 Å². The Bertz CT molecular complexity index is 246. The lowest BCUT2D eigenvalue weighted by atomic mass is 9.81. The third-order valence-electron chi connectivity index (χ3n) is 5.48. The van der Waals surface area contributed by atoms with E-state index in [0.717, 1.165) is 37.0 Å². The van der Waals surface area contributed by atoms with E-state index >= 15 is 0 Å². The average molecular weight is 252 g/mol. The van der Waals surface area contributed by atoms with Gasteiger partial charge in [-0.3, -0.25) is 0 Å². The van der Waals surface area contributed by atoms with Gasteiger partial charge in [-0.1, -0.05) is 40.5 Å². The fourth-order valence-electron chi connectivity index (χ4n) is 3.36. The van der Waals surface area contributed by atoms with Crippen molar-refractivity contribution in [2.45, 2.75) is 71.9 Å². The second kappa shape index (κ2) is 5.92. The molecule has 106 valence electrons. The van der Waals surface area contributed by atoms with Crippen LogP contribution in [0.15, 0.2) is 0 Å². The standard InChI is InChI=1S/C16H32N2/c1-12(2)16(3,4)11-17-10-14-9-13-7-5-6-8-15(13)18-14/h12-15,17-18H,5-11H2,1-4H3. The molecule has 1 heterocycles. The third kappa shape index (κ3) is 3.48. The van der Waals surface area contributed by atoms with E-state index < -0.39 is 0 Å². The van der Waals surface area contributed by atoms with E-state index in [0.29, 0.717) is 5.41 Å². The van der Waals surface area contributed by atoms with Crippen molar-refractivity contribution in [3.05, 3.63) is 0 Å². The summed E-state index contributed by atoms with van der Waals surface area (Å²) in [5, 5.41) is 7.54. The van der Waals surface area contributed by atoms with Crippen molar-refractivity contribution >= 4 is 0 Å². The monoisotopic (exact) mass is 252 g/mol. The van der Waals surface area contributed by atoms with Crippen LogP contribution in [-0.4, -0.2) is 25.2 Å². The quantitative estimate of drug-likeness (QED) is 0.785. The molecule has 3 unspecified atom stereocenters. The van der Waals surface area contributed by atoms with Gasteiger partial charge in [-0.25, -0.2) is 0 Å². The Morgan fingerprint density at radius 3 is 2.61 bits per heavy atom. The van der Waals surface area contributed by atoms with Crippen LogP contribution in [0.1, 0.15) is 59.8 Å². The van der Waals surface area contributed by atoms with Crippen molar-refractivity contribution < 1.29 is 0 Å². The van der Waals surface area contributed by atoms with E-state index in [1.807, 2.05) is 0 Å². The smallest absolute Gasteiger partial charge is 0.0198 e. The maximum Gasteiger partial charge on any atom is 0.0198 e. The highest BCUT2D eigenvalue weighted by atomic mass is 15.0. The lowest BCUT2D eigenvalue weighted by Gasteiger charge is -2.30. The summed E-state index contributed by atoms with van der Waals surface area (Å²) in [6.07, 6.45) is 7.18. The summed E-state index contributed by atoms with van der Waals surface area (Å²) in [5.74, 6) is 1.72. The molecule has 2 N–H and O–H groups in total. The van der Waals surface area contributed by atoms with Crippen LogP contribution in [0, 0.1) is 17.3 Å². The van der Waals surface area contributed by atoms with Crippen molar-refractivity contribution in [3.8, 4) is 0 Å². The normalized spacial score (nSPS) is 32.8. The van der Waals surface area contributed by atoms with Gasteiger partial charge in [0.25, 0.3) is 0 Å². The number of hydrogen-bond acceptors (Lipinski definition) is 2. The molecule has 0 radical (unpaired) electrons. The lowest BCUT2D eigenvalue weighted by molar-refractivity contribution is 0.235. The Labute approximate surface area is 113 Å². The van der Waals surface area contributed by atoms with Gasteiger partial charge in [0, 0.05) is 25.2 Å². The van der Waals surface area contributed by atoms with E-state index in [2.05, 4.69) is 38.3 Å². The highest BCUT2D eigenvalue weighted by Crippen LogP contribution is 2.33. The van der Waals surface area contributed by atoms with Crippen molar-refractivity contribution in [1.82, 2.24) is 10.6 Å². The fourth-order valence-corrected chi connectivity index (χ4v) is 3.36. The molecular formula is C16H32N2. The minimum absolute atomic E-state index is 0.408. The third-order valence-corrected chi connectivity index (χ3v) is 5.48. The molecule has 1 saturated heterocycles. The van der Waals surface area contributed by atoms with Gasteiger partial charge in [0.15, 0.2) is 0 Å². The van der Waals surface area contributed by atoms with Gasteiger partial charge >= 0.3 is 0 Å². The summed E-state index contributed by atoms with van der Waals surface area (Å²) in [7, 11) is 0. The van der Waals surface area contributed by atoms with Crippen LogP contribution in [-0.2, 0) is 0 Å². The molecule has 3 atom stereocenters. The number of hydrogen-bond donors (Lipinski definition) is 2. The first-order valence-electron chi connectivity index (χ1n) is 7.96. The summed E-state index contributed by atoms with van der Waals surface area (Å²) in [4.78, 5) is 0. The predicted molar refractivity (Wildman–Crippen MR) is 78.8 cm³/mol. The van der Waals surface area contributed by atoms with E-state index in [1.54, 1.807) is 0 Å². The zero-order chi connectivity index (χ0) is 13.2. The Hall–Kier alpha value is -0.0800. The first kappa shape index (κ1) is 14.3. The summed E-state index contributed by atoms with van der Waals surface area (Å²) in [6.45, 7) is 11.7. The van der Waals surface area contributed by atoms with Gasteiger partial charge in [0.2, 0.25) is 0 Å². The molecule has 2 heteroatoms. The molecule has 18 heavy (non-hydrogen) atoms. The molecule has 2 rings (SSSR count). The molecule has 0 aromatic heterocycles. The van der Waals surface area contributed by atoms with Crippen LogP contribution in [0.2, 0.25) is 0 Å². The highest BCUT2D eigenvalue weighted by molar-refractivity contribution is 4.93. The van der Waals surface area contributed by atoms with E-state index in [-0.39, 0.29) is 0 Å². The Balaban J connectivity index is 1.69. The van der Waals surface area contributed by atoms with E-state index in [4.69, 9.17) is 0 Å². The topological polar surface area (TPSA) is 24.1 Å². The zero-order valence-corrected chi connectivity index (χ0v) is 12.8. The first-order chi connectivity index (χ1) is 8.49. The predicted octanol–water partition coefficient (Wildman–Crippen LogP) is 3.18. The van der Waals surface area contributed by atoms with Crippen LogP contribution in [0.3, 0.4) is 0 Å². The molecule has 1 aliphatic heterocycles. The number of nitrogens with one attached hydrogen (secondary N) is 2. The summed E-state index contributed by atoms with van der Waals surface area (Å²) in [6, 6.07) is 1.56. The van der Waals surface area contributed by atoms with E-state index in [1.165, 1.54) is 32.1 Å². The maximum absolute atomic E-state index is 3.85. The minimum Gasteiger partial charge on any atom is -0.315 e. The van der Waals surface area contributed by atoms with Crippen molar-refractivity contribution in [2.75, 3.05) is 13.1 Å². The molecule has 0 amide bonds. The molecule has 1 saturated carbocycles. The van der Waals surface area contributed by atoms with E-state index in [9.17, 15) is 0 Å². The molecule has 0 aromatic rings. The molecule has 0 spiro atoms. The zero-order valence-electron chi connectivity index (χ0n) is 12.8. The molecule has 2 fully saturated rings. The summed E-state index contributed by atoms with van der Waals surface area (Å²) >= 11 is 0. The molecule has 0 aromatic carbocycles. The summed E-state index contributed by atoms with van der Waals surface area (Å²) < 4.78 is 0. The highest BCUT2D eigenvalue weighted by Gasteiger charge is 2.34. The molecule has 2 nitrogen and oxygen atoms in total. The Morgan fingerprint density at radius 1 is 1.22 bits per heavy atom. The minimum atomic E-state index is 0.408. The fraction of sp³-hybridized carbons (Fsp3) is 1.00. The van der Waals surface area contributed by atoms with Crippen molar-refractivity contribution in [2.24, 2.45) is 17.3 Å². The van der Waals surface area contributed by atoms with Gasteiger partial charge in [0.1, 0.15) is 0 Å². The Morgan fingerprint density at radius 2 is 1.94 bits per heavy atom. The largest absolute Gasteiger partial charge is 0.315 e. The maximum atomic E-state index is 3.85. The van der Waals surface area contributed by atoms with Gasteiger partial charge in [-0.2, -0.15) is 0 Å². The second-order valence-electron chi connectivity index (χ2n) is 7.52. The number of fused-ring (bicyclic) bond motifs is 1. The van der Waals surface area contributed by atoms with Crippen LogP contribution in [0.4, 0.5) is 0 Å². The molecule has 0 bridgehead atoms. The van der Waals surface area contributed by atoms with Crippen LogP contribution < -0.4 is 10.6 Å². The average Bonchev–Trinajstić information content (AvgIpc) is 2.70. The Kier molecular flexibility index (Phi) is 4.71. The number of rotatable bonds is 5. The van der Waals surface area contributed by atoms with Crippen LogP contribution in [0.25, 0.3) is 0 Å². The SMILES string of the molecule is CC(C)C(C)(C)CNCC1CC2CCCCC2N1. The van der Waals surface area contributed by atoms with Crippen molar-refractivity contribution in [3.63, 3.8) is 0 Å².